The molecule has 0 heterocycles. The molecule has 2 aromatic carbocycles. The zero-order valence-corrected chi connectivity index (χ0v) is 24.8. The highest BCUT2D eigenvalue weighted by Gasteiger charge is 2.32. The van der Waals surface area contributed by atoms with Gasteiger partial charge in [0.05, 0.1) is 0 Å². The third-order valence-electron chi connectivity index (χ3n) is 8.98. The lowest BCUT2D eigenvalue weighted by atomic mass is 9.80. The predicted octanol–water partition coefficient (Wildman–Crippen LogP) is 11.4. The molecule has 2 atom stereocenters. The van der Waals surface area contributed by atoms with Crippen molar-refractivity contribution >= 4 is 12.2 Å². The van der Waals surface area contributed by atoms with Gasteiger partial charge in [-0.25, -0.2) is 0 Å². The lowest BCUT2D eigenvalue weighted by Gasteiger charge is -2.24. The van der Waals surface area contributed by atoms with Crippen LogP contribution >= 0.6 is 0 Å². The van der Waals surface area contributed by atoms with E-state index in [2.05, 4.69) is 106 Å². The van der Waals surface area contributed by atoms with Crippen molar-refractivity contribution in [3.05, 3.63) is 79.9 Å². The molecule has 0 saturated heterocycles. The van der Waals surface area contributed by atoms with Crippen LogP contribution in [0.3, 0.4) is 0 Å². The molecule has 2 aliphatic carbocycles. The van der Waals surface area contributed by atoms with Gasteiger partial charge in [0.1, 0.15) is 0 Å². The Balaban J connectivity index is 1.72. The first-order chi connectivity index (χ1) is 17.1. The van der Waals surface area contributed by atoms with Crippen molar-refractivity contribution in [1.29, 1.82) is 0 Å². The molecule has 0 amide bonds. The monoisotopic (exact) mass is 482 g/mol. The first kappa shape index (κ1) is 27.0. The molecule has 0 spiro atoms. The Hall–Kier alpha value is -2.08. The Labute approximate surface area is 222 Å². The molecule has 2 aliphatic rings. The summed E-state index contributed by atoms with van der Waals surface area (Å²) in [4.78, 5) is 0. The molecule has 0 fully saturated rings. The van der Waals surface area contributed by atoms with E-state index in [1.165, 1.54) is 24.0 Å². The second-order valence-electron chi connectivity index (χ2n) is 12.7. The van der Waals surface area contributed by atoms with E-state index in [1.54, 1.807) is 44.5 Å². The van der Waals surface area contributed by atoms with E-state index < -0.39 is 0 Å². The lowest BCUT2D eigenvalue weighted by molar-refractivity contribution is 0.594. The van der Waals surface area contributed by atoms with Crippen LogP contribution in [0.25, 0.3) is 12.2 Å². The average molecular weight is 483 g/mol. The van der Waals surface area contributed by atoms with E-state index in [-0.39, 0.29) is 0 Å². The van der Waals surface area contributed by atoms with E-state index in [4.69, 9.17) is 0 Å². The first-order valence-corrected chi connectivity index (χ1v) is 14.8. The number of rotatable bonds is 9. The van der Waals surface area contributed by atoms with Gasteiger partial charge in [-0.2, -0.15) is 0 Å². The molecule has 194 valence electrons. The minimum absolute atomic E-state index is 0.561. The number of allylic oxidation sites excluding steroid dienone is 2. The third-order valence-corrected chi connectivity index (χ3v) is 8.98. The normalized spacial score (nSPS) is 18.9. The molecule has 0 saturated carbocycles. The van der Waals surface area contributed by atoms with Crippen LogP contribution in [0.4, 0.5) is 0 Å². The van der Waals surface area contributed by atoms with Gasteiger partial charge < -0.3 is 0 Å². The second-order valence-corrected chi connectivity index (χ2v) is 12.7. The molecule has 36 heavy (non-hydrogen) atoms. The van der Waals surface area contributed by atoms with Crippen LogP contribution in [0.15, 0.2) is 35.4 Å². The summed E-state index contributed by atoms with van der Waals surface area (Å²) < 4.78 is 0. The van der Waals surface area contributed by atoms with E-state index >= 15 is 0 Å². The second kappa shape index (κ2) is 10.7. The van der Waals surface area contributed by atoms with E-state index in [1.807, 2.05) is 0 Å². The fourth-order valence-electron chi connectivity index (χ4n) is 6.66. The minimum Gasteiger partial charge on any atom is -0.0624 e. The summed E-state index contributed by atoms with van der Waals surface area (Å²) in [6.45, 7) is 23.5. The van der Waals surface area contributed by atoms with Crippen LogP contribution in [-0.4, -0.2) is 0 Å². The van der Waals surface area contributed by atoms with Gasteiger partial charge in [0.15, 0.2) is 0 Å². The van der Waals surface area contributed by atoms with Gasteiger partial charge in [0.25, 0.3) is 0 Å². The molecule has 2 aromatic rings. The van der Waals surface area contributed by atoms with Crippen LogP contribution in [0.2, 0.25) is 0 Å². The molecule has 0 N–H and O–H groups in total. The standard InChI is InChI=1S/C36H50/c1-11-25-15-35-31(23(7)8)17-27(21(3)4)19-33(35)29(25)13-14-30-26(12-2)16-36-32(24(9)10)18-28(22(5)6)20-34(30)36/h15-24,29-30H,11-14H2,1-10H3. The van der Waals surface area contributed by atoms with Crippen LogP contribution < -0.4 is 0 Å². The molecular formula is C36H50. The van der Waals surface area contributed by atoms with Crippen molar-refractivity contribution < 1.29 is 0 Å². The molecule has 0 bridgehead atoms. The molecule has 4 rings (SSSR count). The fraction of sp³-hybridized carbons (Fsp3) is 0.556. The van der Waals surface area contributed by atoms with E-state index in [0.717, 1.165) is 12.8 Å². The minimum atomic E-state index is 0.561. The quantitative estimate of drug-likeness (QED) is 0.333. The number of fused-ring (bicyclic) bond motifs is 2. The van der Waals surface area contributed by atoms with Crippen LogP contribution in [0, 0.1) is 0 Å². The van der Waals surface area contributed by atoms with Gasteiger partial charge in [-0.05, 0) is 93.9 Å². The highest BCUT2D eigenvalue weighted by atomic mass is 14.4. The SMILES string of the molecule is CCC1=Cc2c(C(C)C)cc(C(C)C)cc2C1CCC1C(CC)=Cc2c(C(C)C)cc(C(C)C)cc21. The maximum atomic E-state index is 2.56. The van der Waals surface area contributed by atoms with Gasteiger partial charge in [0, 0.05) is 11.8 Å². The summed E-state index contributed by atoms with van der Waals surface area (Å²) in [6, 6.07) is 10.1. The number of benzene rings is 2. The maximum absolute atomic E-state index is 2.56. The fourth-order valence-corrected chi connectivity index (χ4v) is 6.66. The summed E-state index contributed by atoms with van der Waals surface area (Å²) in [5.74, 6) is 3.40. The smallest absolute Gasteiger partial charge is 0.00578 e. The lowest BCUT2D eigenvalue weighted by Crippen LogP contribution is -2.08. The Morgan fingerprint density at radius 3 is 1.17 bits per heavy atom. The summed E-state index contributed by atoms with van der Waals surface area (Å²) >= 11 is 0. The Kier molecular flexibility index (Phi) is 8.04. The van der Waals surface area contributed by atoms with Gasteiger partial charge in [-0.15, -0.1) is 0 Å². The number of hydrogen-bond donors (Lipinski definition) is 0. The first-order valence-electron chi connectivity index (χ1n) is 14.8. The van der Waals surface area contributed by atoms with Crippen molar-refractivity contribution in [1.82, 2.24) is 0 Å². The highest BCUT2D eigenvalue weighted by Crippen LogP contribution is 2.49. The predicted molar refractivity (Wildman–Crippen MR) is 160 cm³/mol. The summed E-state index contributed by atoms with van der Waals surface area (Å²) in [5.41, 5.74) is 15.7. The average Bonchev–Trinajstić information content (AvgIpc) is 3.38. The van der Waals surface area contributed by atoms with Crippen LogP contribution in [-0.2, 0) is 0 Å². The number of hydrogen-bond acceptors (Lipinski definition) is 0. The Morgan fingerprint density at radius 1 is 0.528 bits per heavy atom. The topological polar surface area (TPSA) is 0 Å². The van der Waals surface area contributed by atoms with Gasteiger partial charge in [-0.1, -0.05) is 117 Å². The van der Waals surface area contributed by atoms with Crippen molar-refractivity contribution in [3.8, 4) is 0 Å². The molecule has 0 nitrogen and oxygen atoms in total. The van der Waals surface area contributed by atoms with Crippen molar-refractivity contribution in [2.75, 3.05) is 0 Å². The molecular weight excluding hydrogens is 432 g/mol. The van der Waals surface area contributed by atoms with E-state index in [9.17, 15) is 0 Å². The van der Waals surface area contributed by atoms with Crippen molar-refractivity contribution in [3.63, 3.8) is 0 Å². The summed E-state index contributed by atoms with van der Waals surface area (Å²) in [5, 5.41) is 0. The van der Waals surface area contributed by atoms with Gasteiger partial charge in [-0.3, -0.25) is 0 Å². The highest BCUT2D eigenvalue weighted by molar-refractivity contribution is 5.72. The largest absolute Gasteiger partial charge is 0.0624 e. The Morgan fingerprint density at radius 2 is 0.889 bits per heavy atom. The van der Waals surface area contributed by atoms with Crippen LogP contribution in [0.5, 0.6) is 0 Å². The third kappa shape index (κ3) is 4.90. The van der Waals surface area contributed by atoms with Crippen molar-refractivity contribution in [2.24, 2.45) is 0 Å². The Bertz CT molecular complexity index is 1070. The summed E-state index contributed by atoms with van der Waals surface area (Å²) in [7, 11) is 0. The van der Waals surface area contributed by atoms with Crippen molar-refractivity contribution in [2.45, 2.75) is 130 Å². The van der Waals surface area contributed by atoms with E-state index in [0.29, 0.717) is 35.5 Å². The molecule has 0 radical (unpaired) electrons. The molecule has 2 unspecified atom stereocenters. The summed E-state index contributed by atoms with van der Waals surface area (Å²) in [6.07, 6.45) is 9.92. The van der Waals surface area contributed by atoms with Gasteiger partial charge >= 0.3 is 0 Å². The molecule has 0 heteroatoms. The maximum Gasteiger partial charge on any atom is 0.00578 e. The zero-order valence-electron chi connectivity index (χ0n) is 24.8. The molecule has 0 aromatic heterocycles. The molecule has 0 aliphatic heterocycles. The van der Waals surface area contributed by atoms with Crippen LogP contribution in [0.1, 0.15) is 175 Å². The zero-order chi connectivity index (χ0) is 26.3. The van der Waals surface area contributed by atoms with Gasteiger partial charge in [0.2, 0.25) is 0 Å².